The average molecular weight is 411 g/mol. The molecule has 1 atom stereocenters. The summed E-state index contributed by atoms with van der Waals surface area (Å²) in [6, 6.07) is 7.38. The molecule has 7 heteroatoms. The summed E-state index contributed by atoms with van der Waals surface area (Å²) in [5.74, 6) is 1.40. The van der Waals surface area contributed by atoms with E-state index in [1.807, 2.05) is 31.3 Å². The molecule has 0 saturated carbocycles. The molecule has 1 aromatic carbocycles. The fourth-order valence-electron chi connectivity index (χ4n) is 2.81. The lowest BCUT2D eigenvalue weighted by molar-refractivity contribution is 0.0953. The van der Waals surface area contributed by atoms with Crippen LogP contribution in [0.15, 0.2) is 33.7 Å². The molecule has 1 heterocycles. The van der Waals surface area contributed by atoms with Gasteiger partial charge in [-0.15, -0.1) is 0 Å². The number of carbonyl (C=O) groups excluding carboxylic acids is 1. The Hall–Kier alpha value is -1.60. The van der Waals surface area contributed by atoms with E-state index in [1.165, 1.54) is 0 Å². The molecule has 1 aliphatic heterocycles. The van der Waals surface area contributed by atoms with Crippen LogP contribution in [0.4, 0.5) is 0 Å². The Morgan fingerprint density at radius 3 is 2.88 bits per heavy atom. The molecule has 25 heavy (non-hydrogen) atoms. The highest BCUT2D eigenvalue weighted by Gasteiger charge is 2.18. The van der Waals surface area contributed by atoms with Crippen LogP contribution >= 0.6 is 15.9 Å². The van der Waals surface area contributed by atoms with Gasteiger partial charge in [-0.05, 0) is 31.0 Å². The van der Waals surface area contributed by atoms with Gasteiger partial charge in [0.2, 0.25) is 0 Å². The first-order chi connectivity index (χ1) is 12.1. The summed E-state index contributed by atoms with van der Waals surface area (Å²) >= 11 is 3.38. The molecule has 2 N–H and O–H groups in total. The third-order valence-electron chi connectivity index (χ3n) is 4.14. The van der Waals surface area contributed by atoms with Crippen molar-refractivity contribution in [3.8, 4) is 0 Å². The van der Waals surface area contributed by atoms with Crippen LogP contribution in [0.3, 0.4) is 0 Å². The Balaban J connectivity index is 1.64. The minimum atomic E-state index is -0.0518. The molecular formula is C18H27BrN4O2. The second kappa shape index (κ2) is 10.4. The van der Waals surface area contributed by atoms with Crippen molar-refractivity contribution in [2.45, 2.75) is 12.8 Å². The van der Waals surface area contributed by atoms with Crippen molar-refractivity contribution in [2.24, 2.45) is 10.9 Å². The molecule has 1 aromatic rings. The van der Waals surface area contributed by atoms with Gasteiger partial charge >= 0.3 is 0 Å². The van der Waals surface area contributed by atoms with E-state index in [1.54, 1.807) is 7.05 Å². The van der Waals surface area contributed by atoms with Gasteiger partial charge in [0.05, 0.1) is 6.61 Å². The fourth-order valence-corrected chi connectivity index (χ4v) is 3.21. The number of guanidine groups is 1. The van der Waals surface area contributed by atoms with Crippen LogP contribution in [0.5, 0.6) is 0 Å². The number of benzene rings is 1. The summed E-state index contributed by atoms with van der Waals surface area (Å²) in [5, 5.41) is 6.28. The highest BCUT2D eigenvalue weighted by Crippen LogP contribution is 2.13. The second-order valence-corrected chi connectivity index (χ2v) is 7.12. The SMILES string of the molecule is CN=C(NCCCNC(=O)c1cccc(Br)c1)N(C)CC1CCOC1. The predicted octanol–water partition coefficient (Wildman–Crippen LogP) is 2.11. The van der Waals surface area contributed by atoms with Crippen molar-refractivity contribution in [3.63, 3.8) is 0 Å². The van der Waals surface area contributed by atoms with Crippen molar-refractivity contribution >= 4 is 27.8 Å². The van der Waals surface area contributed by atoms with Gasteiger partial charge in [0.1, 0.15) is 0 Å². The Bertz CT molecular complexity index is 588. The smallest absolute Gasteiger partial charge is 0.251 e. The van der Waals surface area contributed by atoms with Crippen LogP contribution in [0.25, 0.3) is 0 Å². The van der Waals surface area contributed by atoms with Gasteiger partial charge in [-0.1, -0.05) is 22.0 Å². The van der Waals surface area contributed by atoms with E-state index in [0.717, 1.165) is 49.6 Å². The van der Waals surface area contributed by atoms with Gasteiger partial charge in [0.25, 0.3) is 5.91 Å². The van der Waals surface area contributed by atoms with Crippen LogP contribution in [0, 0.1) is 5.92 Å². The van der Waals surface area contributed by atoms with E-state index >= 15 is 0 Å². The molecule has 0 aromatic heterocycles. The zero-order chi connectivity index (χ0) is 18.1. The zero-order valence-corrected chi connectivity index (χ0v) is 16.5. The number of amides is 1. The van der Waals surface area contributed by atoms with E-state index in [0.29, 0.717) is 18.0 Å². The van der Waals surface area contributed by atoms with Crippen LogP contribution in [0.2, 0.25) is 0 Å². The van der Waals surface area contributed by atoms with Crippen molar-refractivity contribution < 1.29 is 9.53 Å². The van der Waals surface area contributed by atoms with Gasteiger partial charge in [-0.25, -0.2) is 0 Å². The fraction of sp³-hybridized carbons (Fsp3) is 0.556. The van der Waals surface area contributed by atoms with Gasteiger partial charge in [-0.2, -0.15) is 0 Å². The topological polar surface area (TPSA) is 66.0 Å². The first-order valence-corrected chi connectivity index (χ1v) is 9.42. The van der Waals surface area contributed by atoms with Gasteiger partial charge in [0, 0.05) is 56.3 Å². The van der Waals surface area contributed by atoms with Crippen LogP contribution < -0.4 is 10.6 Å². The van der Waals surface area contributed by atoms with Crippen molar-refractivity contribution in [1.82, 2.24) is 15.5 Å². The van der Waals surface area contributed by atoms with Crippen LogP contribution in [0.1, 0.15) is 23.2 Å². The molecule has 138 valence electrons. The van der Waals surface area contributed by atoms with E-state index in [2.05, 4.69) is 36.5 Å². The highest BCUT2D eigenvalue weighted by atomic mass is 79.9. The summed E-state index contributed by atoms with van der Waals surface area (Å²) in [4.78, 5) is 18.5. The summed E-state index contributed by atoms with van der Waals surface area (Å²) < 4.78 is 6.32. The first kappa shape index (κ1) is 19.7. The highest BCUT2D eigenvalue weighted by molar-refractivity contribution is 9.10. The average Bonchev–Trinajstić information content (AvgIpc) is 3.10. The van der Waals surface area contributed by atoms with E-state index in [9.17, 15) is 4.79 Å². The lowest BCUT2D eigenvalue weighted by Gasteiger charge is -2.24. The monoisotopic (exact) mass is 410 g/mol. The van der Waals surface area contributed by atoms with Gasteiger partial charge in [-0.3, -0.25) is 9.79 Å². The lowest BCUT2D eigenvalue weighted by Crippen LogP contribution is -2.42. The van der Waals surface area contributed by atoms with E-state index < -0.39 is 0 Å². The standard InChI is InChI=1S/C18H27BrN4O2/c1-20-18(23(2)12-14-7-10-25-13-14)22-9-4-8-21-17(24)15-5-3-6-16(19)11-15/h3,5-6,11,14H,4,7-10,12-13H2,1-2H3,(H,20,22)(H,21,24). The number of nitrogens with zero attached hydrogens (tertiary/aromatic N) is 2. The third-order valence-corrected chi connectivity index (χ3v) is 4.63. The number of halogens is 1. The molecule has 1 saturated heterocycles. The predicted molar refractivity (Wildman–Crippen MR) is 104 cm³/mol. The van der Waals surface area contributed by atoms with Crippen molar-refractivity contribution in [3.05, 3.63) is 34.3 Å². The minimum absolute atomic E-state index is 0.0518. The molecule has 0 aliphatic carbocycles. The van der Waals surface area contributed by atoms with Crippen LogP contribution in [-0.4, -0.2) is 63.7 Å². The number of nitrogens with one attached hydrogen (secondary N) is 2. The summed E-state index contributed by atoms with van der Waals surface area (Å²) in [6.07, 6.45) is 1.95. The zero-order valence-electron chi connectivity index (χ0n) is 14.9. The number of ether oxygens (including phenoxy) is 1. The van der Waals surface area contributed by atoms with Crippen molar-refractivity contribution in [2.75, 3.05) is 46.9 Å². The molecule has 0 bridgehead atoms. The van der Waals surface area contributed by atoms with Crippen molar-refractivity contribution in [1.29, 1.82) is 0 Å². The maximum atomic E-state index is 12.1. The molecular weight excluding hydrogens is 384 g/mol. The molecule has 1 fully saturated rings. The molecule has 2 rings (SSSR count). The molecule has 1 aliphatic rings. The Labute approximate surface area is 158 Å². The molecule has 1 unspecified atom stereocenters. The maximum absolute atomic E-state index is 12.1. The molecule has 6 nitrogen and oxygen atoms in total. The van der Waals surface area contributed by atoms with Crippen LogP contribution in [-0.2, 0) is 4.74 Å². The number of carbonyl (C=O) groups is 1. The van der Waals surface area contributed by atoms with Gasteiger partial charge < -0.3 is 20.3 Å². The molecule has 0 spiro atoms. The largest absolute Gasteiger partial charge is 0.381 e. The third kappa shape index (κ3) is 6.66. The lowest BCUT2D eigenvalue weighted by atomic mass is 10.1. The minimum Gasteiger partial charge on any atom is -0.381 e. The second-order valence-electron chi connectivity index (χ2n) is 6.20. The Morgan fingerprint density at radius 2 is 2.20 bits per heavy atom. The van der Waals surface area contributed by atoms with E-state index in [4.69, 9.17) is 4.74 Å². The number of aliphatic imine (C=N–C) groups is 1. The molecule has 1 amide bonds. The van der Waals surface area contributed by atoms with E-state index in [-0.39, 0.29) is 5.91 Å². The summed E-state index contributed by atoms with van der Waals surface area (Å²) in [5.41, 5.74) is 0.664. The molecule has 0 radical (unpaired) electrons. The Morgan fingerprint density at radius 1 is 1.40 bits per heavy atom. The normalized spacial score (nSPS) is 17.4. The quantitative estimate of drug-likeness (QED) is 0.410. The number of hydrogen-bond donors (Lipinski definition) is 2. The Kier molecular flexibility index (Phi) is 8.21. The number of hydrogen-bond acceptors (Lipinski definition) is 3. The first-order valence-electron chi connectivity index (χ1n) is 8.63. The summed E-state index contributed by atoms with van der Waals surface area (Å²) in [7, 11) is 3.84. The maximum Gasteiger partial charge on any atom is 0.251 e. The summed E-state index contributed by atoms with van der Waals surface area (Å²) in [6.45, 7) is 4.02. The van der Waals surface area contributed by atoms with Gasteiger partial charge in [0.15, 0.2) is 5.96 Å². The number of rotatable bonds is 7.